The Labute approximate surface area is 429 Å². The molecule has 1 amide bonds. The van der Waals surface area contributed by atoms with Gasteiger partial charge in [-0.25, -0.2) is 0 Å². The summed E-state index contributed by atoms with van der Waals surface area (Å²) < 4.78 is 34.2. The minimum absolute atomic E-state index is 0.247. The van der Waals surface area contributed by atoms with Crippen molar-refractivity contribution in [2.75, 3.05) is 26.4 Å². The number of carbonyl (C=O) groups is 1. The molecular weight excluding hydrogens is 939 g/mol. The third-order valence-electron chi connectivity index (χ3n) is 14.3. The summed E-state index contributed by atoms with van der Waals surface area (Å²) in [5.41, 5.74) is 0. The van der Waals surface area contributed by atoms with Gasteiger partial charge in [-0.05, 0) is 19.3 Å². The normalized spacial score (nSPS) is 32.0. The Bertz CT molecular complexity index is 1380. The van der Waals surface area contributed by atoms with E-state index in [0.29, 0.717) is 6.42 Å². The van der Waals surface area contributed by atoms with Crippen molar-refractivity contribution in [1.29, 1.82) is 0 Å². The molecule has 0 aromatic carbocycles. The lowest BCUT2D eigenvalue weighted by Gasteiger charge is -2.48. The Morgan fingerprint density at radius 2 is 0.861 bits per heavy atom. The van der Waals surface area contributed by atoms with Crippen LogP contribution in [0.2, 0.25) is 0 Å². The first-order chi connectivity index (χ1) is 34.8. The number of hydrogen-bond donors (Lipinski definition) is 12. The van der Waals surface area contributed by atoms with E-state index >= 15 is 0 Å². The molecule has 424 valence electrons. The average molecular weight is 1040 g/mol. The van der Waals surface area contributed by atoms with Gasteiger partial charge in [0, 0.05) is 6.42 Å². The fourth-order valence-corrected chi connectivity index (χ4v) is 9.66. The Balaban J connectivity index is 1.54. The second kappa shape index (κ2) is 38.1. The van der Waals surface area contributed by atoms with Crippen LogP contribution < -0.4 is 5.32 Å². The zero-order chi connectivity index (χ0) is 52.7. The van der Waals surface area contributed by atoms with Crippen LogP contribution >= 0.6 is 0 Å². The number of nitrogens with one attached hydrogen (secondary N) is 1. The summed E-state index contributed by atoms with van der Waals surface area (Å²) in [5, 5.41) is 120. The van der Waals surface area contributed by atoms with E-state index in [1.54, 1.807) is 6.08 Å². The van der Waals surface area contributed by atoms with E-state index in [-0.39, 0.29) is 18.9 Å². The summed E-state index contributed by atoms with van der Waals surface area (Å²) >= 11 is 0. The summed E-state index contributed by atoms with van der Waals surface area (Å²) in [6.45, 7) is 1.70. The largest absolute Gasteiger partial charge is 0.394 e. The van der Waals surface area contributed by atoms with Gasteiger partial charge in [-0.3, -0.25) is 4.79 Å². The van der Waals surface area contributed by atoms with Gasteiger partial charge in [0.1, 0.15) is 73.2 Å². The summed E-state index contributed by atoms with van der Waals surface area (Å²) in [5.74, 6) is -0.277. The summed E-state index contributed by atoms with van der Waals surface area (Å²) in [6.07, 6.45) is 7.76. The number of hydrogen-bond acceptors (Lipinski definition) is 18. The molecule has 0 aromatic heterocycles. The van der Waals surface area contributed by atoms with Crippen molar-refractivity contribution >= 4 is 5.91 Å². The standard InChI is InChI=1S/C53H99NO18/c1-3-5-7-9-11-13-15-16-17-18-19-21-22-24-26-28-30-37(58)36(54-41(59)31-29-27-25-23-20-14-12-10-8-6-4-2)35-67-51-47(65)44(62)49(39(33-56)69-51)72-53-48(66)45(63)50(40(34-57)70-53)71-52-46(64)43(61)42(60)38(32-55)68-52/h28,30,36-40,42-53,55-58,60-66H,3-27,29,31-35H2,1-2H3,(H,54,59)/b30-28+. The van der Waals surface area contributed by atoms with Crippen molar-refractivity contribution < 1.29 is 89.4 Å². The lowest BCUT2D eigenvalue weighted by Crippen LogP contribution is -2.66. The topological polar surface area (TPSA) is 307 Å². The highest BCUT2D eigenvalue weighted by Gasteiger charge is 2.53. The number of rotatable bonds is 40. The highest BCUT2D eigenvalue weighted by atomic mass is 16.8. The van der Waals surface area contributed by atoms with E-state index < -0.39 is 124 Å². The van der Waals surface area contributed by atoms with Crippen LogP contribution in [-0.4, -0.2) is 193 Å². The number of amides is 1. The van der Waals surface area contributed by atoms with E-state index in [9.17, 15) is 61.0 Å². The summed E-state index contributed by atoms with van der Waals surface area (Å²) in [4.78, 5) is 13.2. The fraction of sp³-hybridized carbons (Fsp3) is 0.943. The first kappa shape index (κ1) is 64.8. The van der Waals surface area contributed by atoms with Crippen molar-refractivity contribution in [2.24, 2.45) is 0 Å². The molecule has 0 bridgehead atoms. The van der Waals surface area contributed by atoms with Gasteiger partial charge in [0.15, 0.2) is 18.9 Å². The van der Waals surface area contributed by atoms with Crippen molar-refractivity contribution in [1.82, 2.24) is 5.32 Å². The number of carbonyl (C=O) groups excluding carboxylic acids is 1. The molecule has 0 aromatic rings. The molecule has 3 saturated heterocycles. The molecule has 72 heavy (non-hydrogen) atoms. The van der Waals surface area contributed by atoms with Gasteiger partial charge >= 0.3 is 0 Å². The molecule has 3 rings (SSSR count). The van der Waals surface area contributed by atoms with Gasteiger partial charge in [-0.15, -0.1) is 0 Å². The maximum atomic E-state index is 13.2. The minimum atomic E-state index is -1.97. The predicted molar refractivity (Wildman–Crippen MR) is 268 cm³/mol. The quantitative estimate of drug-likeness (QED) is 0.0309. The van der Waals surface area contributed by atoms with E-state index in [2.05, 4.69) is 19.2 Å². The minimum Gasteiger partial charge on any atom is -0.394 e. The molecule has 0 aliphatic carbocycles. The molecule has 3 aliphatic heterocycles. The summed E-state index contributed by atoms with van der Waals surface area (Å²) in [7, 11) is 0. The van der Waals surface area contributed by atoms with Crippen LogP contribution in [0, 0.1) is 0 Å². The van der Waals surface area contributed by atoms with Crippen LogP contribution in [0.5, 0.6) is 0 Å². The van der Waals surface area contributed by atoms with Crippen molar-refractivity contribution in [3.63, 3.8) is 0 Å². The molecule has 0 saturated carbocycles. The Kier molecular flexibility index (Phi) is 34.3. The SMILES string of the molecule is CCCCCCCCCCCCCCCC/C=C/C(O)C(COC1OC(CO)C(OC2OC(CO)C(OC3OC(CO)C(O)C(O)C3O)C(O)C2O)C(O)C1O)NC(=O)CCCCCCCCCCCCC. The van der Waals surface area contributed by atoms with Gasteiger partial charge in [0.05, 0.1) is 38.6 Å². The second-order valence-corrected chi connectivity index (χ2v) is 20.4. The van der Waals surface area contributed by atoms with Crippen LogP contribution in [0.3, 0.4) is 0 Å². The van der Waals surface area contributed by atoms with E-state index in [1.165, 1.54) is 116 Å². The van der Waals surface area contributed by atoms with Crippen molar-refractivity contribution in [3.8, 4) is 0 Å². The maximum absolute atomic E-state index is 13.2. The second-order valence-electron chi connectivity index (χ2n) is 20.4. The first-order valence-electron chi connectivity index (χ1n) is 27.9. The third kappa shape index (κ3) is 23.0. The van der Waals surface area contributed by atoms with Crippen LogP contribution in [0.4, 0.5) is 0 Å². The molecule has 0 radical (unpaired) electrons. The molecule has 17 atom stereocenters. The number of unbranched alkanes of at least 4 members (excludes halogenated alkanes) is 24. The molecular formula is C53H99NO18. The molecule has 19 nitrogen and oxygen atoms in total. The van der Waals surface area contributed by atoms with E-state index in [4.69, 9.17) is 28.4 Å². The smallest absolute Gasteiger partial charge is 0.220 e. The zero-order valence-corrected chi connectivity index (χ0v) is 43.7. The lowest BCUT2D eigenvalue weighted by molar-refractivity contribution is -0.379. The number of allylic oxidation sites excluding steroid dienone is 1. The molecule has 0 spiro atoms. The monoisotopic (exact) mass is 1040 g/mol. The number of aliphatic hydroxyl groups excluding tert-OH is 11. The maximum Gasteiger partial charge on any atom is 0.220 e. The average Bonchev–Trinajstić information content (AvgIpc) is 3.37. The van der Waals surface area contributed by atoms with Crippen molar-refractivity contribution in [3.05, 3.63) is 12.2 Å². The van der Waals surface area contributed by atoms with E-state index in [1.807, 2.05) is 6.08 Å². The number of ether oxygens (including phenoxy) is 6. The van der Waals surface area contributed by atoms with Gasteiger partial charge < -0.3 is 89.9 Å². The molecule has 19 heteroatoms. The number of aliphatic hydroxyl groups is 11. The van der Waals surface area contributed by atoms with Gasteiger partial charge in [0.25, 0.3) is 0 Å². The molecule has 3 heterocycles. The Morgan fingerprint density at radius 1 is 0.486 bits per heavy atom. The highest BCUT2D eigenvalue weighted by Crippen LogP contribution is 2.33. The molecule has 12 N–H and O–H groups in total. The van der Waals surface area contributed by atoms with Gasteiger partial charge in [-0.2, -0.15) is 0 Å². The fourth-order valence-electron chi connectivity index (χ4n) is 9.66. The van der Waals surface area contributed by atoms with Crippen LogP contribution in [-0.2, 0) is 33.2 Å². The Morgan fingerprint density at radius 3 is 1.31 bits per heavy atom. The van der Waals surface area contributed by atoms with Gasteiger partial charge in [0.2, 0.25) is 5.91 Å². The van der Waals surface area contributed by atoms with Crippen LogP contribution in [0.15, 0.2) is 12.2 Å². The summed E-state index contributed by atoms with van der Waals surface area (Å²) in [6, 6.07) is -0.965. The van der Waals surface area contributed by atoms with Crippen LogP contribution in [0.25, 0.3) is 0 Å². The van der Waals surface area contributed by atoms with Crippen molar-refractivity contribution in [2.45, 2.75) is 291 Å². The molecule has 3 fully saturated rings. The first-order valence-corrected chi connectivity index (χ1v) is 27.9. The van der Waals surface area contributed by atoms with Crippen LogP contribution in [0.1, 0.15) is 187 Å². The predicted octanol–water partition coefficient (Wildman–Crippen LogP) is 3.43. The lowest BCUT2D eigenvalue weighted by atomic mass is 9.96. The zero-order valence-electron chi connectivity index (χ0n) is 43.7. The molecule has 17 unspecified atom stereocenters. The Hall–Kier alpha value is -1.47. The molecule has 3 aliphatic rings. The highest BCUT2D eigenvalue weighted by molar-refractivity contribution is 5.76. The van der Waals surface area contributed by atoms with Gasteiger partial charge in [-0.1, -0.05) is 174 Å². The van der Waals surface area contributed by atoms with E-state index in [0.717, 1.165) is 44.9 Å². The third-order valence-corrected chi connectivity index (χ3v) is 14.3.